The van der Waals surface area contributed by atoms with Crippen LogP contribution in [0.25, 0.3) is 0 Å². The lowest BCUT2D eigenvalue weighted by atomic mass is 10.0. The van der Waals surface area contributed by atoms with Gasteiger partial charge in [0.15, 0.2) is 0 Å². The lowest BCUT2D eigenvalue weighted by molar-refractivity contribution is 0.773. The van der Waals surface area contributed by atoms with E-state index >= 15 is 0 Å². The molecule has 0 aromatic heterocycles. The second-order valence-corrected chi connectivity index (χ2v) is 3.09. The molecule has 0 fully saturated rings. The van der Waals surface area contributed by atoms with Crippen LogP contribution >= 0.6 is 0 Å². The van der Waals surface area contributed by atoms with Crippen LogP contribution in [0.1, 0.15) is 40.5 Å². The van der Waals surface area contributed by atoms with Gasteiger partial charge in [0, 0.05) is 6.54 Å². The second-order valence-electron chi connectivity index (χ2n) is 3.09. The summed E-state index contributed by atoms with van der Waals surface area (Å²) in [6.45, 7) is 10.4. The van der Waals surface area contributed by atoms with Crippen molar-refractivity contribution >= 4 is 0 Å². The zero-order valence-corrected chi connectivity index (χ0v) is 9.48. The Morgan fingerprint density at radius 1 is 1.38 bits per heavy atom. The zero-order valence-electron chi connectivity index (χ0n) is 9.48. The first-order chi connectivity index (χ1) is 6.33. The minimum Gasteiger partial charge on any atom is -0.313 e. The van der Waals surface area contributed by atoms with Gasteiger partial charge in [-0.3, -0.25) is 0 Å². The molecule has 0 heterocycles. The number of rotatable bonds is 3. The monoisotopic (exact) mass is 181 g/mol. The van der Waals surface area contributed by atoms with E-state index in [4.69, 9.17) is 0 Å². The Kier molecular flexibility index (Phi) is 7.71. The summed E-state index contributed by atoms with van der Waals surface area (Å²) in [7, 11) is 0. The van der Waals surface area contributed by atoms with Crippen LogP contribution < -0.4 is 5.32 Å². The summed E-state index contributed by atoms with van der Waals surface area (Å²) in [5.41, 5.74) is 2.97. The summed E-state index contributed by atoms with van der Waals surface area (Å²) in [6, 6.07) is 0. The third kappa shape index (κ3) is 5.64. The Bertz CT molecular complexity index is 178. The van der Waals surface area contributed by atoms with Crippen molar-refractivity contribution in [3.05, 3.63) is 23.3 Å². The van der Waals surface area contributed by atoms with Crippen LogP contribution in [-0.4, -0.2) is 13.1 Å². The highest BCUT2D eigenvalue weighted by Crippen LogP contribution is 2.15. The standard InChI is InChI=1S/C10H17N.C2H6/c1-3-11-8-10-6-4-5-9(2)7-10;1-2/h6-7,11H,3-5,8H2,1-2H3;1-2H3. The van der Waals surface area contributed by atoms with E-state index < -0.39 is 0 Å². The third-order valence-corrected chi connectivity index (χ3v) is 1.96. The molecule has 76 valence electrons. The first-order valence-corrected chi connectivity index (χ1v) is 5.40. The van der Waals surface area contributed by atoms with Crippen molar-refractivity contribution in [2.75, 3.05) is 13.1 Å². The molecule has 0 aromatic rings. The van der Waals surface area contributed by atoms with Crippen LogP contribution in [0.5, 0.6) is 0 Å². The fourth-order valence-corrected chi connectivity index (χ4v) is 1.33. The maximum Gasteiger partial charge on any atom is 0.0202 e. The van der Waals surface area contributed by atoms with Gasteiger partial charge in [0.25, 0.3) is 0 Å². The van der Waals surface area contributed by atoms with Crippen LogP contribution in [0.15, 0.2) is 23.3 Å². The van der Waals surface area contributed by atoms with Crippen molar-refractivity contribution in [2.45, 2.75) is 40.5 Å². The van der Waals surface area contributed by atoms with Crippen molar-refractivity contribution in [2.24, 2.45) is 0 Å². The highest BCUT2D eigenvalue weighted by molar-refractivity contribution is 5.27. The van der Waals surface area contributed by atoms with E-state index in [1.165, 1.54) is 24.0 Å². The Balaban J connectivity index is 0.000000671. The molecule has 1 aliphatic carbocycles. The van der Waals surface area contributed by atoms with Crippen LogP contribution in [-0.2, 0) is 0 Å². The van der Waals surface area contributed by atoms with Crippen molar-refractivity contribution in [3.63, 3.8) is 0 Å². The fraction of sp³-hybridized carbons (Fsp3) is 0.667. The zero-order chi connectivity index (χ0) is 10.1. The summed E-state index contributed by atoms with van der Waals surface area (Å²) in [4.78, 5) is 0. The van der Waals surface area contributed by atoms with Gasteiger partial charge in [0.2, 0.25) is 0 Å². The average molecular weight is 181 g/mol. The van der Waals surface area contributed by atoms with Gasteiger partial charge in [0.05, 0.1) is 0 Å². The Hall–Kier alpha value is -0.560. The largest absolute Gasteiger partial charge is 0.313 e. The molecule has 1 heteroatoms. The highest BCUT2D eigenvalue weighted by Gasteiger charge is 1.99. The Morgan fingerprint density at radius 2 is 2.08 bits per heavy atom. The lowest BCUT2D eigenvalue weighted by Crippen LogP contribution is -2.16. The SMILES string of the molecule is CC.CCNCC1=CCCC(C)=C1. The van der Waals surface area contributed by atoms with E-state index in [-0.39, 0.29) is 0 Å². The van der Waals surface area contributed by atoms with E-state index in [2.05, 4.69) is 31.3 Å². The molecule has 1 rings (SSSR count). The molecular formula is C12H23N. The van der Waals surface area contributed by atoms with Crippen LogP contribution in [0, 0.1) is 0 Å². The Labute approximate surface area is 82.9 Å². The maximum atomic E-state index is 3.33. The number of likely N-dealkylation sites (N-methyl/N-ethyl adjacent to an activating group) is 1. The molecule has 1 N–H and O–H groups in total. The molecule has 1 nitrogen and oxygen atoms in total. The number of hydrogen-bond acceptors (Lipinski definition) is 1. The molecule has 0 spiro atoms. The average Bonchev–Trinajstić information content (AvgIpc) is 2.18. The van der Waals surface area contributed by atoms with E-state index in [9.17, 15) is 0 Å². The summed E-state index contributed by atoms with van der Waals surface area (Å²) in [5, 5.41) is 3.33. The van der Waals surface area contributed by atoms with Crippen LogP contribution in [0.2, 0.25) is 0 Å². The molecule has 1 aliphatic rings. The predicted octanol–water partition coefficient (Wildman–Crippen LogP) is 3.29. The first kappa shape index (κ1) is 12.4. The van der Waals surface area contributed by atoms with E-state index in [0.717, 1.165) is 13.1 Å². The van der Waals surface area contributed by atoms with Gasteiger partial charge in [-0.05, 0) is 31.9 Å². The van der Waals surface area contributed by atoms with Crippen molar-refractivity contribution in [1.82, 2.24) is 5.32 Å². The van der Waals surface area contributed by atoms with Crippen LogP contribution in [0.4, 0.5) is 0 Å². The lowest BCUT2D eigenvalue weighted by Gasteiger charge is -2.10. The number of nitrogens with one attached hydrogen (secondary N) is 1. The van der Waals surface area contributed by atoms with Crippen molar-refractivity contribution in [3.8, 4) is 0 Å². The van der Waals surface area contributed by atoms with Gasteiger partial charge in [0.1, 0.15) is 0 Å². The molecule has 0 amide bonds. The molecule has 0 saturated carbocycles. The number of allylic oxidation sites excluding steroid dienone is 2. The molecule has 0 atom stereocenters. The molecule has 0 radical (unpaired) electrons. The molecule has 0 bridgehead atoms. The van der Waals surface area contributed by atoms with Gasteiger partial charge in [-0.2, -0.15) is 0 Å². The summed E-state index contributed by atoms with van der Waals surface area (Å²) in [5.74, 6) is 0. The molecule has 0 unspecified atom stereocenters. The van der Waals surface area contributed by atoms with Gasteiger partial charge < -0.3 is 5.32 Å². The highest BCUT2D eigenvalue weighted by atomic mass is 14.8. The predicted molar refractivity (Wildman–Crippen MR) is 61.0 cm³/mol. The first-order valence-electron chi connectivity index (χ1n) is 5.40. The number of hydrogen-bond donors (Lipinski definition) is 1. The molecule has 0 saturated heterocycles. The van der Waals surface area contributed by atoms with Crippen molar-refractivity contribution in [1.29, 1.82) is 0 Å². The molecule has 13 heavy (non-hydrogen) atoms. The second kappa shape index (κ2) is 8.06. The summed E-state index contributed by atoms with van der Waals surface area (Å²) < 4.78 is 0. The quantitative estimate of drug-likeness (QED) is 0.704. The smallest absolute Gasteiger partial charge is 0.0202 e. The minimum atomic E-state index is 1.04. The maximum absolute atomic E-state index is 3.33. The normalized spacial score (nSPS) is 15.4. The van der Waals surface area contributed by atoms with Gasteiger partial charge in [-0.25, -0.2) is 0 Å². The summed E-state index contributed by atoms with van der Waals surface area (Å²) >= 11 is 0. The molecular weight excluding hydrogens is 158 g/mol. The van der Waals surface area contributed by atoms with Gasteiger partial charge >= 0.3 is 0 Å². The van der Waals surface area contributed by atoms with Gasteiger partial charge in [-0.1, -0.05) is 38.5 Å². The van der Waals surface area contributed by atoms with Crippen LogP contribution in [0.3, 0.4) is 0 Å². The van der Waals surface area contributed by atoms with E-state index in [1.54, 1.807) is 0 Å². The van der Waals surface area contributed by atoms with Crippen molar-refractivity contribution < 1.29 is 0 Å². The van der Waals surface area contributed by atoms with Gasteiger partial charge in [-0.15, -0.1) is 0 Å². The van der Waals surface area contributed by atoms with E-state index in [0.29, 0.717) is 0 Å². The Morgan fingerprint density at radius 3 is 2.62 bits per heavy atom. The topological polar surface area (TPSA) is 12.0 Å². The third-order valence-electron chi connectivity index (χ3n) is 1.96. The minimum absolute atomic E-state index is 1.04. The molecule has 0 aromatic carbocycles. The summed E-state index contributed by atoms with van der Waals surface area (Å²) in [6.07, 6.45) is 7.10. The fourth-order valence-electron chi connectivity index (χ4n) is 1.33. The molecule has 0 aliphatic heterocycles. The van der Waals surface area contributed by atoms with E-state index in [1.807, 2.05) is 13.8 Å².